The van der Waals surface area contributed by atoms with Crippen molar-refractivity contribution in [3.63, 3.8) is 0 Å². The highest BCUT2D eigenvalue weighted by molar-refractivity contribution is 6.33. The van der Waals surface area contributed by atoms with E-state index in [4.69, 9.17) is 11.6 Å². The molecular formula is C13H16ClNO2. The molecule has 0 aliphatic carbocycles. The van der Waals surface area contributed by atoms with Crippen LogP contribution in [0.25, 0.3) is 0 Å². The molecule has 0 aromatic heterocycles. The molecule has 92 valence electrons. The lowest BCUT2D eigenvalue weighted by Crippen LogP contribution is -2.41. The Labute approximate surface area is 106 Å². The number of hydrogen-bond donors (Lipinski definition) is 1. The molecule has 1 heterocycles. The molecule has 0 bridgehead atoms. The Morgan fingerprint density at radius 2 is 2.29 bits per heavy atom. The van der Waals surface area contributed by atoms with E-state index >= 15 is 0 Å². The third-order valence-electron chi connectivity index (χ3n) is 3.34. The summed E-state index contributed by atoms with van der Waals surface area (Å²) in [7, 11) is 0. The van der Waals surface area contributed by atoms with Gasteiger partial charge in [-0.25, -0.2) is 0 Å². The van der Waals surface area contributed by atoms with E-state index in [9.17, 15) is 9.90 Å². The molecule has 1 aliphatic heterocycles. The number of halogens is 1. The van der Waals surface area contributed by atoms with Crippen LogP contribution in [0.4, 0.5) is 5.69 Å². The standard InChI is InChI=1S/C13H16ClNO2/c1-9-7-15(5-4-13(9)17)11-3-2-10(8-16)12(14)6-11/h2-3,6,8-9,13,17H,4-5,7H2,1H3. The summed E-state index contributed by atoms with van der Waals surface area (Å²) in [5, 5.41) is 10.2. The number of carbonyl (C=O) groups is 1. The summed E-state index contributed by atoms with van der Waals surface area (Å²) in [6.45, 7) is 3.68. The Morgan fingerprint density at radius 3 is 2.88 bits per heavy atom. The first-order valence-electron chi connectivity index (χ1n) is 5.79. The molecule has 1 N–H and O–H groups in total. The number of carbonyl (C=O) groups excluding carboxylic acids is 1. The van der Waals surface area contributed by atoms with Crippen molar-refractivity contribution < 1.29 is 9.90 Å². The maximum absolute atomic E-state index is 10.7. The van der Waals surface area contributed by atoms with Gasteiger partial charge in [0.2, 0.25) is 0 Å². The molecule has 2 unspecified atom stereocenters. The van der Waals surface area contributed by atoms with Crippen molar-refractivity contribution in [2.75, 3.05) is 18.0 Å². The molecular weight excluding hydrogens is 238 g/mol. The summed E-state index contributed by atoms with van der Waals surface area (Å²) >= 11 is 6.01. The number of benzene rings is 1. The summed E-state index contributed by atoms with van der Waals surface area (Å²) in [5.41, 5.74) is 1.53. The maximum atomic E-state index is 10.7. The van der Waals surface area contributed by atoms with Crippen LogP contribution < -0.4 is 4.90 Å². The lowest BCUT2D eigenvalue weighted by molar-refractivity contribution is 0.0971. The van der Waals surface area contributed by atoms with Crippen LogP contribution in [-0.2, 0) is 0 Å². The van der Waals surface area contributed by atoms with Gasteiger partial charge in [0, 0.05) is 24.3 Å². The molecule has 4 heteroatoms. The normalized spacial score (nSPS) is 24.8. The minimum absolute atomic E-state index is 0.212. The van der Waals surface area contributed by atoms with Crippen molar-refractivity contribution in [2.45, 2.75) is 19.4 Å². The lowest BCUT2D eigenvalue weighted by Gasteiger charge is -2.36. The van der Waals surface area contributed by atoms with Gasteiger partial charge in [0.25, 0.3) is 0 Å². The highest BCUT2D eigenvalue weighted by Crippen LogP contribution is 2.27. The van der Waals surface area contributed by atoms with Crippen molar-refractivity contribution >= 4 is 23.6 Å². The van der Waals surface area contributed by atoms with Gasteiger partial charge in [0.05, 0.1) is 11.1 Å². The van der Waals surface area contributed by atoms with E-state index < -0.39 is 0 Å². The van der Waals surface area contributed by atoms with Crippen LogP contribution in [0.15, 0.2) is 18.2 Å². The number of anilines is 1. The fraction of sp³-hybridized carbons (Fsp3) is 0.462. The van der Waals surface area contributed by atoms with E-state index in [1.165, 1.54) is 0 Å². The summed E-state index contributed by atoms with van der Waals surface area (Å²) in [5.74, 6) is 0.258. The van der Waals surface area contributed by atoms with Crippen molar-refractivity contribution in [1.82, 2.24) is 0 Å². The van der Waals surface area contributed by atoms with Gasteiger partial charge in [0.15, 0.2) is 6.29 Å². The second kappa shape index (κ2) is 5.07. The lowest BCUT2D eigenvalue weighted by atomic mass is 9.96. The van der Waals surface area contributed by atoms with E-state index in [1.807, 2.05) is 19.1 Å². The fourth-order valence-electron chi connectivity index (χ4n) is 2.18. The summed E-state index contributed by atoms with van der Waals surface area (Å²) in [6.07, 6.45) is 1.32. The average molecular weight is 254 g/mol. The van der Waals surface area contributed by atoms with Crippen LogP contribution >= 0.6 is 11.6 Å². The van der Waals surface area contributed by atoms with E-state index in [-0.39, 0.29) is 12.0 Å². The van der Waals surface area contributed by atoms with E-state index in [0.717, 1.165) is 31.5 Å². The molecule has 17 heavy (non-hydrogen) atoms. The molecule has 0 amide bonds. The van der Waals surface area contributed by atoms with Crippen LogP contribution in [0.2, 0.25) is 5.02 Å². The van der Waals surface area contributed by atoms with Crippen molar-refractivity contribution in [3.05, 3.63) is 28.8 Å². The molecule has 0 spiro atoms. The number of rotatable bonds is 2. The molecule has 1 aromatic rings. The van der Waals surface area contributed by atoms with Crippen molar-refractivity contribution in [3.8, 4) is 0 Å². The molecule has 1 fully saturated rings. The third-order valence-corrected chi connectivity index (χ3v) is 3.66. The molecule has 0 radical (unpaired) electrons. The fourth-order valence-corrected chi connectivity index (χ4v) is 2.40. The molecule has 2 rings (SSSR count). The highest BCUT2D eigenvalue weighted by Gasteiger charge is 2.24. The predicted molar refractivity (Wildman–Crippen MR) is 68.8 cm³/mol. The van der Waals surface area contributed by atoms with Crippen LogP contribution in [0.1, 0.15) is 23.7 Å². The average Bonchev–Trinajstić information content (AvgIpc) is 2.32. The number of aliphatic hydroxyl groups excluding tert-OH is 1. The first-order chi connectivity index (χ1) is 8.11. The second-order valence-corrected chi connectivity index (χ2v) is 5.01. The third kappa shape index (κ3) is 2.61. The topological polar surface area (TPSA) is 40.5 Å². The molecule has 1 aromatic carbocycles. The Balaban J connectivity index is 2.18. The van der Waals surface area contributed by atoms with Crippen molar-refractivity contribution in [1.29, 1.82) is 0 Å². The zero-order valence-corrected chi connectivity index (χ0v) is 10.5. The predicted octanol–water partition coefficient (Wildman–Crippen LogP) is 2.36. The van der Waals surface area contributed by atoms with Gasteiger partial charge in [0.1, 0.15) is 0 Å². The maximum Gasteiger partial charge on any atom is 0.151 e. The zero-order chi connectivity index (χ0) is 12.4. The molecule has 0 saturated carbocycles. The Morgan fingerprint density at radius 1 is 1.53 bits per heavy atom. The van der Waals surface area contributed by atoms with Crippen molar-refractivity contribution in [2.24, 2.45) is 5.92 Å². The van der Waals surface area contributed by atoms with Gasteiger partial charge in [-0.15, -0.1) is 0 Å². The number of hydrogen-bond acceptors (Lipinski definition) is 3. The van der Waals surface area contributed by atoms with E-state index in [1.54, 1.807) is 6.07 Å². The molecule has 1 aliphatic rings. The van der Waals surface area contributed by atoms with E-state index in [0.29, 0.717) is 10.6 Å². The minimum atomic E-state index is -0.212. The highest BCUT2D eigenvalue weighted by atomic mass is 35.5. The van der Waals surface area contributed by atoms with Gasteiger partial charge in [-0.1, -0.05) is 18.5 Å². The van der Waals surface area contributed by atoms with Gasteiger partial charge >= 0.3 is 0 Å². The quantitative estimate of drug-likeness (QED) is 0.823. The number of aldehydes is 1. The Kier molecular flexibility index (Phi) is 3.69. The van der Waals surface area contributed by atoms with Crippen LogP contribution in [0.3, 0.4) is 0 Å². The Bertz CT molecular complexity index is 422. The molecule has 3 nitrogen and oxygen atoms in total. The van der Waals surface area contributed by atoms with Crippen LogP contribution in [0, 0.1) is 5.92 Å². The first kappa shape index (κ1) is 12.4. The van der Waals surface area contributed by atoms with Gasteiger partial charge in [-0.05, 0) is 30.5 Å². The zero-order valence-electron chi connectivity index (χ0n) is 9.77. The number of piperidine rings is 1. The molecule has 1 saturated heterocycles. The van der Waals surface area contributed by atoms with Gasteiger partial charge in [-0.3, -0.25) is 4.79 Å². The van der Waals surface area contributed by atoms with E-state index in [2.05, 4.69) is 4.90 Å². The second-order valence-electron chi connectivity index (χ2n) is 4.60. The van der Waals surface area contributed by atoms with Gasteiger partial charge < -0.3 is 10.0 Å². The minimum Gasteiger partial charge on any atom is -0.393 e. The summed E-state index contributed by atoms with van der Waals surface area (Å²) < 4.78 is 0. The van der Waals surface area contributed by atoms with Crippen LogP contribution in [0.5, 0.6) is 0 Å². The molecule has 2 atom stereocenters. The number of nitrogens with zero attached hydrogens (tertiary/aromatic N) is 1. The monoisotopic (exact) mass is 253 g/mol. The summed E-state index contributed by atoms with van der Waals surface area (Å²) in [4.78, 5) is 12.9. The van der Waals surface area contributed by atoms with Crippen LogP contribution in [-0.4, -0.2) is 30.6 Å². The largest absolute Gasteiger partial charge is 0.393 e. The number of aliphatic hydroxyl groups is 1. The SMILES string of the molecule is CC1CN(c2ccc(C=O)c(Cl)c2)CCC1O. The smallest absolute Gasteiger partial charge is 0.151 e. The summed E-state index contributed by atoms with van der Waals surface area (Å²) in [6, 6.07) is 5.45. The van der Waals surface area contributed by atoms with Gasteiger partial charge in [-0.2, -0.15) is 0 Å². The first-order valence-corrected chi connectivity index (χ1v) is 6.17. The Hall–Kier alpha value is -1.06.